The van der Waals surface area contributed by atoms with Gasteiger partial charge in [-0.15, -0.1) is 0 Å². The summed E-state index contributed by atoms with van der Waals surface area (Å²) in [6.45, 7) is 0. The second-order valence-electron chi connectivity index (χ2n) is 1.81. The van der Waals surface area contributed by atoms with Crippen molar-refractivity contribution in [1.29, 1.82) is 0 Å². The minimum absolute atomic E-state index is 0. The molecule has 0 aliphatic rings. The predicted octanol–water partition coefficient (Wildman–Crippen LogP) is 2.28. The first-order chi connectivity index (χ1) is 4.30. The Hall–Kier alpha value is 0.266. The molecule has 0 atom stereocenters. The van der Waals surface area contributed by atoms with Crippen molar-refractivity contribution in [2.24, 2.45) is 0 Å². The molecular formula is C7H10BrMgN. The van der Waals surface area contributed by atoms with E-state index in [2.05, 4.69) is 16.1 Å². The van der Waals surface area contributed by atoms with Crippen LogP contribution in [0.25, 0.3) is 0 Å². The molecule has 0 N–H and O–H groups in total. The van der Waals surface area contributed by atoms with Gasteiger partial charge in [0.25, 0.3) is 0 Å². The third-order valence-electron chi connectivity index (χ3n) is 1.11. The normalized spacial score (nSPS) is 8.20. The van der Waals surface area contributed by atoms with Gasteiger partial charge in [0, 0.05) is 28.9 Å². The van der Waals surface area contributed by atoms with Crippen LogP contribution in [0.4, 0.5) is 5.69 Å². The predicted molar refractivity (Wildman–Crippen MR) is 51.8 cm³/mol. The fourth-order valence-corrected chi connectivity index (χ4v) is 0.870. The molecule has 1 rings (SSSR count). The molecule has 0 saturated heterocycles. The monoisotopic (exact) mass is 211 g/mol. The topological polar surface area (TPSA) is 3.24 Å². The molecule has 1 aromatic carbocycles. The van der Waals surface area contributed by atoms with E-state index in [1.807, 2.05) is 41.3 Å². The minimum Gasteiger partial charge on any atom is -1.00 e. The largest absolute Gasteiger partial charge is 2.00 e. The van der Waals surface area contributed by atoms with Gasteiger partial charge in [0.15, 0.2) is 0 Å². The average Bonchev–Trinajstić information content (AvgIpc) is 1.90. The first kappa shape index (κ1) is 10.3. The number of para-hydroxylation sites is 1. The molecule has 0 unspecified atom stereocenters. The van der Waals surface area contributed by atoms with Gasteiger partial charge >= 0.3 is 23.1 Å². The van der Waals surface area contributed by atoms with E-state index in [1.54, 1.807) is 0 Å². The van der Waals surface area contributed by atoms with Gasteiger partial charge in [-0.05, 0) is 12.1 Å². The molecule has 52 valence electrons. The zero-order chi connectivity index (χ0) is 6.69. The van der Waals surface area contributed by atoms with Crippen LogP contribution in [-0.4, -0.2) is 30.1 Å². The van der Waals surface area contributed by atoms with Gasteiger partial charge in [-0.25, -0.2) is 0 Å². The molecule has 0 heterocycles. The van der Waals surface area contributed by atoms with Crippen molar-refractivity contribution in [3.8, 4) is 0 Å². The fourth-order valence-electron chi connectivity index (χ4n) is 0.633. The quantitative estimate of drug-likeness (QED) is 0.510. The second kappa shape index (κ2) is 4.99. The number of hydrogen-bond acceptors (Lipinski definition) is 1. The number of nitrogens with zero attached hydrogens (tertiary/aromatic N) is 1. The number of benzene rings is 1. The zero-order valence-electron chi connectivity index (χ0n) is 7.92. The molecule has 0 fully saturated rings. The van der Waals surface area contributed by atoms with Crippen molar-refractivity contribution in [1.82, 2.24) is 0 Å². The van der Waals surface area contributed by atoms with Gasteiger partial charge in [-0.1, -0.05) is 18.2 Å². The molecule has 0 aliphatic heterocycles. The van der Waals surface area contributed by atoms with E-state index in [4.69, 9.17) is 0 Å². The third-order valence-corrected chi connectivity index (χ3v) is 1.52. The molecule has 0 amide bonds. The van der Waals surface area contributed by atoms with Gasteiger partial charge in [0.1, 0.15) is 0 Å². The molecule has 10 heavy (non-hydrogen) atoms. The summed E-state index contributed by atoms with van der Waals surface area (Å²) in [7, 11) is 1.95. The maximum Gasteiger partial charge on any atom is 2.00 e. The van der Waals surface area contributed by atoms with Crippen molar-refractivity contribution in [2.45, 2.75) is 0 Å². The first-order valence-corrected chi connectivity index (χ1v) is 3.46. The maximum atomic E-state index is 3.32. The maximum absolute atomic E-state index is 3.32. The zero-order valence-corrected chi connectivity index (χ0v) is 8.92. The van der Waals surface area contributed by atoms with Crippen LogP contribution in [0, 0.1) is 0 Å². The molecule has 3 heteroatoms. The molecule has 0 spiro atoms. The number of halogens is 1. The summed E-state index contributed by atoms with van der Waals surface area (Å²) in [5, 5.41) is 0. The Kier molecular flexibility index (Phi) is 5.12. The Bertz CT molecular complexity index is 184. The van der Waals surface area contributed by atoms with Crippen LogP contribution in [-0.2, 0) is 0 Å². The summed E-state index contributed by atoms with van der Waals surface area (Å²) >= 11 is 3.32. The van der Waals surface area contributed by atoms with E-state index < -0.39 is 0 Å². The second-order valence-corrected chi connectivity index (χ2v) is 2.88. The molecule has 0 bridgehead atoms. The molecule has 1 nitrogen and oxygen atoms in total. The number of anilines is 1. The standard InChI is InChI=1S/C7H8BrN.Mg.2H/c1-9(8)7-5-3-2-4-6-7;;;/h2-6H,1H3;;;/q;+2;2*-1. The van der Waals surface area contributed by atoms with Crippen LogP contribution in [0.2, 0.25) is 0 Å². The van der Waals surface area contributed by atoms with Crippen molar-refractivity contribution in [3.05, 3.63) is 30.3 Å². The van der Waals surface area contributed by atoms with Crippen LogP contribution < -0.4 is 3.93 Å². The van der Waals surface area contributed by atoms with Crippen molar-refractivity contribution < 1.29 is 2.85 Å². The summed E-state index contributed by atoms with van der Waals surface area (Å²) in [5.41, 5.74) is 1.16. The van der Waals surface area contributed by atoms with E-state index >= 15 is 0 Å². The Balaban J connectivity index is -0.000000270. The first-order valence-electron chi connectivity index (χ1n) is 2.75. The van der Waals surface area contributed by atoms with Gasteiger partial charge < -0.3 is 6.78 Å². The van der Waals surface area contributed by atoms with Gasteiger partial charge in [0.05, 0.1) is 0 Å². The average molecular weight is 212 g/mol. The van der Waals surface area contributed by atoms with Crippen LogP contribution in [0.1, 0.15) is 2.85 Å². The number of hydrogen-bond donors (Lipinski definition) is 0. The molecule has 0 aromatic heterocycles. The molecule has 0 saturated carbocycles. The van der Waals surface area contributed by atoms with E-state index in [9.17, 15) is 0 Å². The fraction of sp³-hybridized carbons (Fsp3) is 0.143. The third kappa shape index (κ3) is 2.90. The SMILES string of the molecule is CN(Br)c1ccccc1.[H-].[H-].[Mg+2]. The summed E-state index contributed by atoms with van der Waals surface area (Å²) in [4.78, 5) is 0. The Morgan fingerprint density at radius 1 is 1.30 bits per heavy atom. The summed E-state index contributed by atoms with van der Waals surface area (Å²) < 4.78 is 1.90. The van der Waals surface area contributed by atoms with E-state index in [-0.39, 0.29) is 25.9 Å². The van der Waals surface area contributed by atoms with E-state index in [1.165, 1.54) is 0 Å². The Morgan fingerprint density at radius 3 is 2.10 bits per heavy atom. The Morgan fingerprint density at radius 2 is 1.80 bits per heavy atom. The van der Waals surface area contributed by atoms with Crippen molar-refractivity contribution >= 4 is 44.9 Å². The van der Waals surface area contributed by atoms with Crippen molar-refractivity contribution in [2.75, 3.05) is 11.0 Å². The van der Waals surface area contributed by atoms with Gasteiger partial charge in [-0.3, -0.25) is 0 Å². The smallest absolute Gasteiger partial charge is 1.00 e. The van der Waals surface area contributed by atoms with Crippen LogP contribution in [0.5, 0.6) is 0 Å². The summed E-state index contributed by atoms with van der Waals surface area (Å²) in [5.74, 6) is 0. The molecule has 1 aromatic rings. The van der Waals surface area contributed by atoms with E-state index in [0.29, 0.717) is 0 Å². The van der Waals surface area contributed by atoms with Crippen LogP contribution in [0.15, 0.2) is 30.3 Å². The summed E-state index contributed by atoms with van der Waals surface area (Å²) in [6.07, 6.45) is 0. The van der Waals surface area contributed by atoms with Crippen molar-refractivity contribution in [3.63, 3.8) is 0 Å². The molecule has 0 aliphatic carbocycles. The van der Waals surface area contributed by atoms with E-state index in [0.717, 1.165) is 5.69 Å². The molecular weight excluding hydrogens is 202 g/mol. The van der Waals surface area contributed by atoms with Crippen LogP contribution in [0.3, 0.4) is 0 Å². The van der Waals surface area contributed by atoms with Gasteiger partial charge in [-0.2, -0.15) is 0 Å². The molecule has 0 radical (unpaired) electrons. The summed E-state index contributed by atoms with van der Waals surface area (Å²) in [6, 6.07) is 10.1. The van der Waals surface area contributed by atoms with Gasteiger partial charge in [0.2, 0.25) is 0 Å². The van der Waals surface area contributed by atoms with Crippen LogP contribution >= 0.6 is 16.1 Å². The minimum atomic E-state index is 0. The number of rotatable bonds is 1. The Labute approximate surface area is 88.9 Å².